The molecule has 3 heterocycles. The van der Waals surface area contributed by atoms with Gasteiger partial charge in [0.1, 0.15) is 0 Å². The van der Waals surface area contributed by atoms with Gasteiger partial charge in [-0.2, -0.15) is 0 Å². The summed E-state index contributed by atoms with van der Waals surface area (Å²) in [6, 6.07) is 10.6. The molecule has 11 heteroatoms. The van der Waals surface area contributed by atoms with Crippen molar-refractivity contribution < 1.29 is 18.3 Å². The molecule has 8 nitrogen and oxygen atoms in total. The number of fused-ring (bicyclic) bond motifs is 1. The van der Waals surface area contributed by atoms with Crippen LogP contribution in [-0.4, -0.2) is 92.0 Å². The van der Waals surface area contributed by atoms with Crippen molar-refractivity contribution in [1.82, 2.24) is 19.8 Å². The Hall–Kier alpha value is -3.32. The molecule has 1 aromatic carbocycles. The van der Waals surface area contributed by atoms with Gasteiger partial charge in [-0.25, -0.2) is 0 Å². The number of aromatic nitrogens is 2. The van der Waals surface area contributed by atoms with Crippen LogP contribution < -0.4 is 25.1 Å². The number of ether oxygens (including phenoxy) is 1. The number of carbonyl (C=O) groups is 1. The molecule has 232 valence electrons. The number of benzene rings is 1. The normalized spacial score (nSPS) is 18.0. The van der Waals surface area contributed by atoms with Crippen LogP contribution in [0.5, 0.6) is 5.75 Å². The van der Waals surface area contributed by atoms with Gasteiger partial charge >= 0.3 is 221 Å². The van der Waals surface area contributed by atoms with E-state index in [9.17, 15) is 13.6 Å². The Morgan fingerprint density at radius 3 is 2.72 bits per heavy atom. The van der Waals surface area contributed by atoms with Gasteiger partial charge in [0.15, 0.2) is 0 Å². The Kier molecular flexibility index (Phi) is 10.9. The van der Waals surface area contributed by atoms with Crippen molar-refractivity contribution >= 4 is 42.3 Å². The Bertz CT molecular complexity index is 1480. The van der Waals surface area contributed by atoms with Crippen LogP contribution in [0.3, 0.4) is 0 Å². The molecular formula is C32H42F2N6O2Se. The van der Waals surface area contributed by atoms with Gasteiger partial charge < -0.3 is 0 Å². The third-order valence-electron chi connectivity index (χ3n) is 7.98. The van der Waals surface area contributed by atoms with E-state index in [1.165, 1.54) is 6.92 Å². The zero-order chi connectivity index (χ0) is 31.1. The summed E-state index contributed by atoms with van der Waals surface area (Å²) >= 11 is -0.501. The third kappa shape index (κ3) is 7.99. The van der Waals surface area contributed by atoms with Crippen molar-refractivity contribution in [1.29, 1.82) is 0 Å². The molecule has 0 radical (unpaired) electrons. The van der Waals surface area contributed by atoms with Crippen molar-refractivity contribution in [3.63, 3.8) is 0 Å². The first kappa shape index (κ1) is 32.6. The van der Waals surface area contributed by atoms with Crippen LogP contribution in [0.2, 0.25) is 0 Å². The third-order valence-corrected chi connectivity index (χ3v) is 10.0. The van der Waals surface area contributed by atoms with Crippen molar-refractivity contribution in [2.24, 2.45) is 0 Å². The number of methoxy groups -OCH3 is 1. The molecule has 3 unspecified atom stereocenters. The summed E-state index contributed by atoms with van der Waals surface area (Å²) in [5, 5.41) is 13.4. The number of likely N-dealkylation sites (tertiary alicyclic amines) is 1. The van der Waals surface area contributed by atoms with Crippen molar-refractivity contribution in [2.45, 2.75) is 69.8 Å². The number of anilines is 2. The van der Waals surface area contributed by atoms with E-state index >= 15 is 0 Å². The predicted molar refractivity (Wildman–Crippen MR) is 170 cm³/mol. The molecule has 0 bridgehead atoms. The molecule has 1 saturated heterocycles. The van der Waals surface area contributed by atoms with Crippen molar-refractivity contribution in [2.75, 3.05) is 44.4 Å². The number of amides is 1. The van der Waals surface area contributed by atoms with Crippen LogP contribution in [0.25, 0.3) is 5.52 Å². The Morgan fingerprint density at radius 1 is 1.28 bits per heavy atom. The number of hydrogen-bond acceptors (Lipinski definition) is 6. The number of alkyl halides is 2. The molecular weight excluding hydrogens is 617 g/mol. The zero-order valence-corrected chi connectivity index (χ0v) is 27.5. The Labute approximate surface area is 259 Å². The molecule has 0 aliphatic carbocycles. The van der Waals surface area contributed by atoms with E-state index in [1.54, 1.807) is 29.8 Å². The van der Waals surface area contributed by atoms with Crippen LogP contribution in [0.1, 0.15) is 63.0 Å². The van der Waals surface area contributed by atoms with Gasteiger partial charge in [0.2, 0.25) is 0 Å². The van der Waals surface area contributed by atoms with Gasteiger partial charge in [-0.15, -0.1) is 0 Å². The van der Waals surface area contributed by atoms with E-state index in [-0.39, 0.29) is 24.0 Å². The monoisotopic (exact) mass is 660 g/mol. The second kappa shape index (κ2) is 14.4. The molecule has 43 heavy (non-hydrogen) atoms. The van der Waals surface area contributed by atoms with E-state index in [0.717, 1.165) is 29.4 Å². The van der Waals surface area contributed by atoms with Crippen LogP contribution in [0, 0.1) is 11.8 Å². The number of rotatable bonds is 11. The predicted octanol–water partition coefficient (Wildman–Crippen LogP) is 4.21. The summed E-state index contributed by atoms with van der Waals surface area (Å²) in [4.78, 5) is 14.8. The van der Waals surface area contributed by atoms with Gasteiger partial charge in [0.05, 0.1) is 0 Å². The molecule has 1 aliphatic rings. The van der Waals surface area contributed by atoms with Gasteiger partial charge in [-0.05, 0) is 19.8 Å². The first-order chi connectivity index (χ1) is 20.6. The number of halogens is 2. The summed E-state index contributed by atoms with van der Waals surface area (Å²) in [5.74, 6) is 7.27. The topological polar surface area (TPSA) is 82.9 Å². The average molecular weight is 660 g/mol. The Morgan fingerprint density at radius 2 is 2.05 bits per heavy atom. The molecule has 2 aromatic heterocycles. The van der Waals surface area contributed by atoms with E-state index in [2.05, 4.69) is 41.6 Å². The van der Waals surface area contributed by atoms with Crippen molar-refractivity contribution in [3.8, 4) is 17.6 Å². The number of nitrogens with one attached hydrogen (secondary N) is 3. The summed E-state index contributed by atoms with van der Waals surface area (Å²) in [6.45, 7) is 9.15. The SMILES string of the molecule is CCC(C)(CC)NC(=O)c1ccc(NCC#Cc2nn3c(NC4CCN(C)CC4F)cccc3c2[Se]C(C)F)c(OC)c1. The average Bonchev–Trinajstić information content (AvgIpc) is 3.33. The van der Waals surface area contributed by atoms with E-state index in [4.69, 9.17) is 9.84 Å². The summed E-state index contributed by atoms with van der Waals surface area (Å²) in [5.41, 5.74) is 2.22. The number of hydrogen-bond donors (Lipinski definition) is 3. The molecule has 4 rings (SSSR count). The minimum absolute atomic E-state index is 0.147. The first-order valence-electron chi connectivity index (χ1n) is 14.7. The first-order valence-corrected chi connectivity index (χ1v) is 16.6. The zero-order valence-electron chi connectivity index (χ0n) is 25.8. The Balaban J connectivity index is 1.52. The van der Waals surface area contributed by atoms with Crippen molar-refractivity contribution in [3.05, 3.63) is 47.7 Å². The second-order valence-corrected chi connectivity index (χ2v) is 13.9. The minimum atomic E-state index is -1.02. The van der Waals surface area contributed by atoms with E-state index in [1.807, 2.05) is 37.1 Å². The number of piperidine rings is 1. The molecule has 3 N–H and O–H groups in total. The molecule has 0 saturated carbocycles. The molecule has 3 atom stereocenters. The number of pyridine rings is 1. The summed E-state index contributed by atoms with van der Waals surface area (Å²) < 4.78 is 37.1. The fourth-order valence-corrected chi connectivity index (χ4v) is 6.63. The van der Waals surface area contributed by atoms with Gasteiger partial charge in [-0.1, -0.05) is 13.8 Å². The van der Waals surface area contributed by atoms with Crippen LogP contribution in [0.15, 0.2) is 36.4 Å². The summed E-state index contributed by atoms with van der Waals surface area (Å²) in [6.07, 6.45) is 1.34. The second-order valence-electron chi connectivity index (χ2n) is 11.2. The molecule has 1 amide bonds. The van der Waals surface area contributed by atoms with Crippen LogP contribution in [-0.2, 0) is 0 Å². The number of nitrogens with zero attached hydrogens (tertiary/aromatic N) is 3. The molecule has 0 spiro atoms. The van der Waals surface area contributed by atoms with Crippen LogP contribution >= 0.6 is 0 Å². The van der Waals surface area contributed by atoms with E-state index in [0.29, 0.717) is 41.5 Å². The fourth-order valence-electron chi connectivity index (χ4n) is 4.95. The van der Waals surface area contributed by atoms with E-state index < -0.39 is 26.2 Å². The van der Waals surface area contributed by atoms with Gasteiger partial charge in [0, 0.05) is 5.54 Å². The van der Waals surface area contributed by atoms with Gasteiger partial charge in [0.25, 0.3) is 0 Å². The molecule has 1 aliphatic heterocycles. The van der Waals surface area contributed by atoms with Gasteiger partial charge in [-0.3, -0.25) is 0 Å². The molecule has 1 fully saturated rings. The van der Waals surface area contributed by atoms with Crippen LogP contribution in [0.4, 0.5) is 20.3 Å². The fraction of sp³-hybridized carbons (Fsp3) is 0.500. The standard InChI is InChI=1S/C32H42F2N6O2Se/c1-7-32(4,8-2)37-31(41)22-14-15-25(28(19-22)42-6)35-17-10-11-26-30(43-21(3)33)27-12-9-13-29(40(27)38-26)36-24-16-18-39(5)20-23(24)34/h9,12-15,19,21,23-24,35-36H,7-8,16-18,20H2,1-6H3,(H,37,41). The maximum absolute atomic E-state index is 14.8. The quantitative estimate of drug-likeness (QED) is 0.212. The molecule has 3 aromatic rings. The summed E-state index contributed by atoms with van der Waals surface area (Å²) in [7, 11) is 3.48. The number of carbonyl (C=O) groups excluding carboxylic acids is 1. The maximum atomic E-state index is 14.8.